The van der Waals surface area contributed by atoms with Crippen molar-refractivity contribution in [3.05, 3.63) is 40.8 Å². The van der Waals surface area contributed by atoms with Gasteiger partial charge in [-0.05, 0) is 11.8 Å². The summed E-state index contributed by atoms with van der Waals surface area (Å²) in [7, 11) is 1.60. The number of hydrogen-bond acceptors (Lipinski definition) is 3. The second-order valence-electron chi connectivity index (χ2n) is 3.69. The highest BCUT2D eigenvalue weighted by atomic mass is 32.2. The quantitative estimate of drug-likeness (QED) is 0.746. The molecule has 0 N–H and O–H groups in total. The Morgan fingerprint density at radius 1 is 1.25 bits per heavy atom. The van der Waals surface area contributed by atoms with Gasteiger partial charge in [0.05, 0.1) is 5.71 Å². The molecule has 84 valence electrons. The van der Waals surface area contributed by atoms with Gasteiger partial charge >= 0.3 is 0 Å². The topological polar surface area (TPSA) is 21.6 Å². The lowest BCUT2D eigenvalue weighted by Crippen LogP contribution is -2.26. The lowest BCUT2D eigenvalue weighted by molar-refractivity contribution is 0.212. The van der Waals surface area contributed by atoms with E-state index in [1.807, 2.05) is 18.2 Å². The first-order valence-corrected chi connectivity index (χ1v) is 6.47. The van der Waals surface area contributed by atoms with Gasteiger partial charge in [-0.3, -0.25) is 0 Å². The summed E-state index contributed by atoms with van der Waals surface area (Å²) in [5.41, 5.74) is 3.52. The van der Waals surface area contributed by atoms with Gasteiger partial charge in [0.1, 0.15) is 7.11 Å². The molecule has 1 aliphatic rings. The molecule has 0 saturated carbocycles. The van der Waals surface area contributed by atoms with E-state index in [0.717, 1.165) is 5.71 Å². The number of nitrogens with zero attached hydrogens (tertiary/aromatic N) is 1. The first-order valence-electron chi connectivity index (χ1n) is 5.24. The maximum Gasteiger partial charge on any atom is 0.106 e. The second-order valence-corrected chi connectivity index (χ2v) is 4.54. The molecule has 0 radical (unpaired) electrons. The Kier molecular flexibility index (Phi) is 3.34. The number of benzene rings is 1. The summed E-state index contributed by atoms with van der Waals surface area (Å²) in [5.74, 6) is 0.394. The van der Waals surface area contributed by atoms with Crippen LogP contribution in [0.2, 0.25) is 0 Å². The highest BCUT2D eigenvalue weighted by Gasteiger charge is 2.34. The van der Waals surface area contributed by atoms with Crippen molar-refractivity contribution in [1.29, 1.82) is 0 Å². The van der Waals surface area contributed by atoms with Gasteiger partial charge in [0, 0.05) is 16.4 Å². The third-order valence-electron chi connectivity index (χ3n) is 2.78. The predicted molar refractivity (Wildman–Crippen MR) is 70.5 cm³/mol. The van der Waals surface area contributed by atoms with Crippen molar-refractivity contribution in [3.63, 3.8) is 0 Å². The number of rotatable bonds is 3. The molecule has 0 fully saturated rings. The molecule has 0 saturated heterocycles. The van der Waals surface area contributed by atoms with Gasteiger partial charge in [-0.2, -0.15) is 0 Å². The van der Waals surface area contributed by atoms with Crippen LogP contribution in [-0.4, -0.2) is 19.1 Å². The van der Waals surface area contributed by atoms with Crippen molar-refractivity contribution in [1.82, 2.24) is 0 Å². The predicted octanol–water partition coefficient (Wildman–Crippen LogP) is 3.41. The summed E-state index contributed by atoms with van der Waals surface area (Å²) >= 11 is 1.80. The Hall–Kier alpha value is -1.22. The van der Waals surface area contributed by atoms with E-state index >= 15 is 0 Å². The highest BCUT2D eigenvalue weighted by molar-refractivity contribution is 8.02. The summed E-state index contributed by atoms with van der Waals surface area (Å²) in [4.78, 5) is 6.30. The molecular weight excluding hydrogens is 218 g/mol. The molecule has 0 heterocycles. The zero-order chi connectivity index (χ0) is 11.5. The Labute approximate surface area is 100 Å². The lowest BCUT2D eigenvalue weighted by Gasteiger charge is -2.31. The van der Waals surface area contributed by atoms with Crippen LogP contribution in [0.15, 0.2) is 40.4 Å². The minimum Gasteiger partial charge on any atom is -0.399 e. The van der Waals surface area contributed by atoms with Gasteiger partial charge in [0.25, 0.3) is 0 Å². The Morgan fingerprint density at radius 3 is 2.50 bits per heavy atom. The molecule has 3 heteroatoms. The summed E-state index contributed by atoms with van der Waals surface area (Å²) in [5, 5.41) is 4.11. The van der Waals surface area contributed by atoms with Crippen molar-refractivity contribution >= 4 is 23.0 Å². The van der Waals surface area contributed by atoms with Gasteiger partial charge in [0.2, 0.25) is 0 Å². The number of allylic oxidation sites excluding steroid dienone is 2. The van der Waals surface area contributed by atoms with Crippen molar-refractivity contribution in [2.75, 3.05) is 13.4 Å². The smallest absolute Gasteiger partial charge is 0.106 e. The summed E-state index contributed by atoms with van der Waals surface area (Å²) < 4.78 is 0. The van der Waals surface area contributed by atoms with Crippen LogP contribution in [0.5, 0.6) is 0 Å². The van der Waals surface area contributed by atoms with E-state index in [1.165, 1.54) is 16.0 Å². The number of thioether (sulfide) groups is 1. The minimum absolute atomic E-state index is 0.394. The van der Waals surface area contributed by atoms with E-state index in [2.05, 4.69) is 30.5 Å². The molecule has 0 spiro atoms. The van der Waals surface area contributed by atoms with Gasteiger partial charge in [-0.25, -0.2) is 0 Å². The van der Waals surface area contributed by atoms with Crippen LogP contribution < -0.4 is 0 Å². The Bertz CT molecular complexity index is 437. The van der Waals surface area contributed by atoms with Gasteiger partial charge in [-0.1, -0.05) is 42.4 Å². The van der Waals surface area contributed by atoms with Crippen LogP contribution in [0.3, 0.4) is 0 Å². The zero-order valence-corrected chi connectivity index (χ0v) is 10.5. The molecule has 0 aromatic heterocycles. The molecule has 1 aromatic carbocycles. The van der Waals surface area contributed by atoms with E-state index in [1.54, 1.807) is 18.9 Å². The maximum atomic E-state index is 4.91. The van der Waals surface area contributed by atoms with Crippen LogP contribution in [-0.2, 0) is 4.84 Å². The average Bonchev–Trinajstić information content (AvgIpc) is 2.33. The summed E-state index contributed by atoms with van der Waals surface area (Å²) in [6.07, 6.45) is 2.11. The van der Waals surface area contributed by atoms with Crippen LogP contribution >= 0.6 is 11.8 Å². The largest absolute Gasteiger partial charge is 0.399 e. The summed E-state index contributed by atoms with van der Waals surface area (Å²) in [6, 6.07) is 10.4. The third-order valence-corrected chi connectivity index (χ3v) is 3.78. The average molecular weight is 233 g/mol. The van der Waals surface area contributed by atoms with Crippen molar-refractivity contribution in [3.8, 4) is 0 Å². The molecule has 2 nitrogen and oxygen atoms in total. The first kappa shape index (κ1) is 11.3. The minimum atomic E-state index is 0.394. The van der Waals surface area contributed by atoms with Crippen LogP contribution in [0.4, 0.5) is 0 Å². The molecule has 1 atom stereocenters. The van der Waals surface area contributed by atoms with Crippen LogP contribution in [0.25, 0.3) is 5.57 Å². The van der Waals surface area contributed by atoms with Gasteiger partial charge in [-0.15, -0.1) is 11.8 Å². The molecule has 0 aliphatic heterocycles. The first-order chi connectivity index (χ1) is 7.79. The zero-order valence-electron chi connectivity index (χ0n) is 9.73. The third kappa shape index (κ3) is 1.76. The molecule has 1 aromatic rings. The van der Waals surface area contributed by atoms with Crippen molar-refractivity contribution in [2.45, 2.75) is 6.92 Å². The molecule has 1 aliphatic carbocycles. The SMILES string of the molecule is CON=C1C(c2ccccc2)=C(SC)C1C. The van der Waals surface area contributed by atoms with E-state index in [-0.39, 0.29) is 0 Å². The molecule has 2 rings (SSSR count). The standard InChI is InChI=1S/C13H15NOS/c1-9-12(14-15-2)11(13(9)16-3)10-7-5-4-6-8-10/h4-9H,1-3H3. The fraction of sp³-hybridized carbons (Fsp3) is 0.308. The van der Waals surface area contributed by atoms with E-state index in [9.17, 15) is 0 Å². The monoisotopic (exact) mass is 233 g/mol. The molecule has 0 bridgehead atoms. The van der Waals surface area contributed by atoms with Gasteiger partial charge < -0.3 is 4.84 Å². The molecule has 1 unspecified atom stereocenters. The Balaban J connectivity index is 2.45. The van der Waals surface area contributed by atoms with Gasteiger partial charge in [0.15, 0.2) is 0 Å². The van der Waals surface area contributed by atoms with E-state index in [0.29, 0.717) is 5.92 Å². The highest BCUT2D eigenvalue weighted by Crippen LogP contribution is 2.44. The fourth-order valence-corrected chi connectivity index (χ4v) is 2.89. The van der Waals surface area contributed by atoms with Crippen molar-refractivity contribution < 1.29 is 4.84 Å². The molecular formula is C13H15NOS. The Morgan fingerprint density at radius 2 is 1.94 bits per heavy atom. The van der Waals surface area contributed by atoms with Crippen molar-refractivity contribution in [2.24, 2.45) is 11.1 Å². The number of oxime groups is 1. The second kappa shape index (κ2) is 4.74. The van der Waals surface area contributed by atoms with Crippen LogP contribution in [0, 0.1) is 5.92 Å². The van der Waals surface area contributed by atoms with E-state index in [4.69, 9.17) is 4.84 Å². The van der Waals surface area contributed by atoms with E-state index < -0.39 is 0 Å². The van der Waals surface area contributed by atoms with Crippen LogP contribution in [0.1, 0.15) is 12.5 Å². The summed E-state index contributed by atoms with van der Waals surface area (Å²) in [6.45, 7) is 2.16. The fourth-order valence-electron chi connectivity index (χ4n) is 2.00. The maximum absolute atomic E-state index is 4.91. The normalized spacial score (nSPS) is 22.2. The lowest BCUT2D eigenvalue weighted by atomic mass is 9.81. The number of hydrogen-bond donors (Lipinski definition) is 0. The molecule has 0 amide bonds. The molecule has 16 heavy (non-hydrogen) atoms.